The molecule has 1 heterocycles. The van der Waals surface area contributed by atoms with Crippen LogP contribution in [0.2, 0.25) is 0 Å². The molecule has 1 aliphatic carbocycles. The van der Waals surface area contributed by atoms with Crippen LogP contribution in [-0.2, 0) is 62.8 Å². The van der Waals surface area contributed by atoms with E-state index in [2.05, 4.69) is 113 Å². The summed E-state index contributed by atoms with van der Waals surface area (Å²) in [6, 6.07) is 18.9. The van der Waals surface area contributed by atoms with Crippen molar-refractivity contribution < 1.29 is 43.3 Å². The molecular formula is C55H70N2O10S3. The van der Waals surface area contributed by atoms with E-state index < -0.39 is 55.9 Å². The third-order valence-electron chi connectivity index (χ3n) is 12.6. The third-order valence-corrected chi connectivity index (χ3v) is 15.2. The third kappa shape index (κ3) is 11.2. The standard InChI is InChI=1S/C55H70N2O10S3/c1-50(2,3)31-23-38(52(7,8)9)48(39(24-31)53(10,11)12)56-33-19-21-35-43(27-33)67-44-30-42(57-49-40(54(13,14)15)25-32(51(4,5)6)26-41(49)55(16,17)18)46(70(64,65)66)29-37(44)47(35)36-22-20-34(68(58,59)60)28-45(36)69(61,62)63/h19-30,56H,1-18H3,(H,58,59,60)(H,61,62,63)(H,64,65,66). The Morgan fingerprint density at radius 1 is 0.471 bits per heavy atom. The molecule has 15 heteroatoms. The molecule has 0 atom stereocenters. The van der Waals surface area contributed by atoms with E-state index in [9.17, 15) is 38.9 Å². The molecule has 0 saturated carbocycles. The molecule has 4 aromatic rings. The first-order valence-electron chi connectivity index (χ1n) is 23.2. The van der Waals surface area contributed by atoms with Crippen molar-refractivity contribution in [3.63, 3.8) is 0 Å². The van der Waals surface area contributed by atoms with Crippen LogP contribution >= 0.6 is 0 Å². The van der Waals surface area contributed by atoms with Crippen LogP contribution in [-0.4, -0.2) is 38.9 Å². The molecule has 70 heavy (non-hydrogen) atoms. The molecule has 12 nitrogen and oxygen atoms in total. The molecule has 0 aromatic heterocycles. The van der Waals surface area contributed by atoms with E-state index in [4.69, 9.17) is 9.41 Å². The lowest BCUT2D eigenvalue weighted by molar-refractivity contribution is 0.478. The Kier molecular flexibility index (Phi) is 13.5. The summed E-state index contributed by atoms with van der Waals surface area (Å²) in [5, 5.41) is 3.76. The molecule has 1 aliphatic heterocycles. The average Bonchev–Trinajstić information content (AvgIpc) is 3.16. The van der Waals surface area contributed by atoms with Crippen LogP contribution in [0.3, 0.4) is 0 Å². The smallest absolute Gasteiger partial charge is 0.296 e. The average molecular weight is 1020 g/mol. The van der Waals surface area contributed by atoms with Gasteiger partial charge in [-0.25, -0.2) is 4.99 Å². The summed E-state index contributed by atoms with van der Waals surface area (Å²) in [5.41, 5.74) is 5.87. The van der Waals surface area contributed by atoms with Crippen LogP contribution in [0, 0.1) is 0 Å². The van der Waals surface area contributed by atoms with E-state index in [1.54, 1.807) is 18.2 Å². The van der Waals surface area contributed by atoms with Gasteiger partial charge in [0.2, 0.25) is 0 Å². The molecule has 0 bridgehead atoms. The van der Waals surface area contributed by atoms with Gasteiger partial charge in [0.05, 0.1) is 15.9 Å². The fourth-order valence-electron chi connectivity index (χ4n) is 8.64. The van der Waals surface area contributed by atoms with Gasteiger partial charge in [-0.1, -0.05) is 155 Å². The number of rotatable bonds is 7. The van der Waals surface area contributed by atoms with E-state index >= 15 is 0 Å². The summed E-state index contributed by atoms with van der Waals surface area (Å²) in [7, 11) is -15.3. The van der Waals surface area contributed by atoms with Crippen LogP contribution < -0.4 is 10.7 Å². The van der Waals surface area contributed by atoms with Crippen molar-refractivity contribution in [1.29, 1.82) is 0 Å². The topological polar surface area (TPSA) is 201 Å². The summed E-state index contributed by atoms with van der Waals surface area (Å²) in [6.45, 7) is 38.0. The van der Waals surface area contributed by atoms with Crippen molar-refractivity contribution in [2.45, 2.75) is 172 Å². The highest BCUT2D eigenvalue weighted by Crippen LogP contribution is 2.48. The van der Waals surface area contributed by atoms with Crippen LogP contribution in [0.25, 0.3) is 33.4 Å². The van der Waals surface area contributed by atoms with Gasteiger partial charge in [0.15, 0.2) is 0 Å². The van der Waals surface area contributed by atoms with Crippen molar-refractivity contribution in [2.75, 3.05) is 5.32 Å². The largest absolute Gasteiger partial charge is 0.456 e. The van der Waals surface area contributed by atoms with Crippen LogP contribution in [0.1, 0.15) is 158 Å². The monoisotopic (exact) mass is 1010 g/mol. The predicted octanol–water partition coefficient (Wildman–Crippen LogP) is 13.7. The molecule has 0 saturated heterocycles. The highest BCUT2D eigenvalue weighted by Gasteiger charge is 2.33. The normalized spacial score (nSPS) is 14.2. The quantitative estimate of drug-likeness (QED) is 0.0876. The lowest BCUT2D eigenvalue weighted by Crippen LogP contribution is -2.23. The van der Waals surface area contributed by atoms with Gasteiger partial charge in [0, 0.05) is 45.6 Å². The zero-order valence-electron chi connectivity index (χ0n) is 43.8. The van der Waals surface area contributed by atoms with Crippen LogP contribution in [0.4, 0.5) is 17.1 Å². The number of nitrogens with one attached hydrogen (secondary N) is 1. The Morgan fingerprint density at radius 3 is 1.34 bits per heavy atom. The van der Waals surface area contributed by atoms with Crippen molar-refractivity contribution in [2.24, 2.45) is 4.99 Å². The van der Waals surface area contributed by atoms with Gasteiger partial charge in [-0.15, -0.1) is 0 Å². The summed E-state index contributed by atoms with van der Waals surface area (Å²) in [4.78, 5) is 2.78. The molecule has 6 rings (SSSR count). The fraction of sp³-hybridized carbons (Fsp3) is 0.436. The molecule has 0 fully saturated rings. The molecule has 0 amide bonds. The Labute approximate surface area is 415 Å². The maximum Gasteiger partial charge on any atom is 0.296 e. The summed E-state index contributed by atoms with van der Waals surface area (Å²) >= 11 is 0. The van der Waals surface area contributed by atoms with E-state index in [1.807, 2.05) is 41.5 Å². The van der Waals surface area contributed by atoms with Crippen molar-refractivity contribution in [3.05, 3.63) is 112 Å². The molecule has 0 spiro atoms. The van der Waals surface area contributed by atoms with E-state index in [0.29, 0.717) is 17.4 Å². The number of hydrogen-bond acceptors (Lipinski definition) is 9. The summed E-state index contributed by atoms with van der Waals surface area (Å²) in [5.74, 6) is 0.00663. The molecule has 0 unspecified atom stereocenters. The first-order valence-corrected chi connectivity index (χ1v) is 27.5. The number of nitrogens with zero attached hydrogens (tertiary/aromatic N) is 1. The number of fused-ring (bicyclic) bond motifs is 2. The highest BCUT2D eigenvalue weighted by atomic mass is 32.2. The van der Waals surface area contributed by atoms with Gasteiger partial charge in [-0.2, -0.15) is 25.3 Å². The lowest BCUT2D eigenvalue weighted by atomic mass is 9.74. The maximum absolute atomic E-state index is 13.6. The van der Waals surface area contributed by atoms with Crippen LogP contribution in [0.15, 0.2) is 96.9 Å². The number of benzene rings is 5. The minimum Gasteiger partial charge on any atom is -0.456 e. The molecular weight excluding hydrogens is 945 g/mol. The maximum atomic E-state index is 13.6. The predicted molar refractivity (Wildman–Crippen MR) is 281 cm³/mol. The Morgan fingerprint density at radius 2 is 0.929 bits per heavy atom. The van der Waals surface area contributed by atoms with Gasteiger partial charge in [-0.3, -0.25) is 13.7 Å². The van der Waals surface area contributed by atoms with Gasteiger partial charge in [-0.05, 0) is 96.2 Å². The minimum absolute atomic E-state index is 0.00663. The lowest BCUT2D eigenvalue weighted by Gasteiger charge is -2.34. The van der Waals surface area contributed by atoms with Crippen molar-refractivity contribution in [1.82, 2.24) is 0 Å². The molecule has 378 valence electrons. The zero-order valence-corrected chi connectivity index (χ0v) is 46.2. The van der Waals surface area contributed by atoms with Gasteiger partial charge in [0.1, 0.15) is 21.1 Å². The van der Waals surface area contributed by atoms with E-state index in [-0.39, 0.29) is 60.4 Å². The fourth-order valence-corrected chi connectivity index (χ4v) is 10.6. The molecule has 4 N–H and O–H groups in total. The second-order valence-corrected chi connectivity index (χ2v) is 28.9. The van der Waals surface area contributed by atoms with Crippen molar-refractivity contribution in [3.8, 4) is 22.5 Å². The summed E-state index contributed by atoms with van der Waals surface area (Å²) in [6.07, 6.45) is 0. The second kappa shape index (κ2) is 17.4. The molecule has 2 aliphatic rings. The minimum atomic E-state index is -5.25. The zero-order chi connectivity index (χ0) is 53.1. The van der Waals surface area contributed by atoms with Crippen molar-refractivity contribution >= 4 is 58.4 Å². The second-order valence-electron chi connectivity index (χ2n) is 24.7. The van der Waals surface area contributed by atoms with Gasteiger partial charge >= 0.3 is 0 Å². The Hall–Kier alpha value is -4.90. The van der Waals surface area contributed by atoms with Gasteiger partial charge < -0.3 is 9.73 Å². The van der Waals surface area contributed by atoms with E-state index in [0.717, 1.165) is 51.7 Å². The van der Waals surface area contributed by atoms with Gasteiger partial charge in [0.25, 0.3) is 30.4 Å². The molecule has 4 aromatic carbocycles. The highest BCUT2D eigenvalue weighted by molar-refractivity contribution is 7.86. The first-order chi connectivity index (χ1) is 31.4. The van der Waals surface area contributed by atoms with E-state index in [1.165, 1.54) is 11.6 Å². The SMILES string of the molecule is CC(C)(C)c1cc(C(C)(C)C)c(N=c2cc3oc4cc(Nc5c(C(C)(C)C)cc(C(C)(C)C)cc5C(C)(C)C)ccc4c(-c4ccc(S(=O)(=O)O)cc4S(=O)(=O)O)c-3cc2S(=O)(=O)O)c(C(C)(C)C)c1. The first kappa shape index (κ1) is 54.4. The Bertz CT molecular complexity index is 3400. The number of hydrogen-bond donors (Lipinski definition) is 4. The summed E-state index contributed by atoms with van der Waals surface area (Å²) < 4.78 is 117. The number of anilines is 2. The molecule has 0 radical (unpaired) electrons. The Balaban J connectivity index is 1.83. The van der Waals surface area contributed by atoms with Crippen LogP contribution in [0.5, 0.6) is 0 Å².